The van der Waals surface area contributed by atoms with Crippen molar-refractivity contribution in [3.63, 3.8) is 0 Å². The Morgan fingerprint density at radius 1 is 0.960 bits per heavy atom. The minimum absolute atomic E-state index is 0.0154. The van der Waals surface area contributed by atoms with Gasteiger partial charge < -0.3 is 5.32 Å². The molecular formula is C21H16N2OS. The normalized spacial score (nSPS) is 10.7. The number of benzene rings is 3. The molecule has 0 aliphatic rings. The van der Waals surface area contributed by atoms with E-state index in [1.807, 2.05) is 53.9 Å². The quantitative estimate of drug-likeness (QED) is 0.557. The SMILES string of the molecule is O=C(Cc1cccc2ccccc12)Nc1ccc(-c2nccs2)cc1. The van der Waals surface area contributed by atoms with E-state index in [-0.39, 0.29) is 5.91 Å². The molecule has 0 saturated carbocycles. The fourth-order valence-corrected chi connectivity index (χ4v) is 3.53. The first-order chi connectivity index (χ1) is 12.3. The molecule has 0 radical (unpaired) electrons. The van der Waals surface area contributed by atoms with Crippen molar-refractivity contribution >= 4 is 33.7 Å². The number of fused-ring (bicyclic) bond motifs is 1. The largest absolute Gasteiger partial charge is 0.326 e. The van der Waals surface area contributed by atoms with Gasteiger partial charge in [0.25, 0.3) is 0 Å². The van der Waals surface area contributed by atoms with Crippen LogP contribution in [0.3, 0.4) is 0 Å². The number of rotatable bonds is 4. The zero-order valence-corrected chi connectivity index (χ0v) is 14.3. The van der Waals surface area contributed by atoms with Gasteiger partial charge in [-0.3, -0.25) is 4.79 Å². The summed E-state index contributed by atoms with van der Waals surface area (Å²) in [5, 5.41) is 8.18. The third kappa shape index (κ3) is 3.44. The average molecular weight is 344 g/mol. The maximum absolute atomic E-state index is 12.4. The van der Waals surface area contributed by atoms with Crippen LogP contribution < -0.4 is 5.32 Å². The highest BCUT2D eigenvalue weighted by atomic mass is 32.1. The fourth-order valence-electron chi connectivity index (χ4n) is 2.89. The molecule has 0 aliphatic carbocycles. The van der Waals surface area contributed by atoms with Crippen molar-refractivity contribution in [2.75, 3.05) is 5.32 Å². The minimum atomic E-state index is -0.0154. The van der Waals surface area contributed by atoms with Gasteiger partial charge in [0.05, 0.1) is 6.42 Å². The van der Waals surface area contributed by atoms with Crippen LogP contribution in [0.15, 0.2) is 78.3 Å². The molecule has 4 aromatic rings. The molecule has 122 valence electrons. The molecule has 0 atom stereocenters. The third-order valence-corrected chi connectivity index (χ3v) is 4.90. The summed E-state index contributed by atoms with van der Waals surface area (Å²) in [7, 11) is 0. The molecular weight excluding hydrogens is 328 g/mol. The number of carbonyl (C=O) groups excluding carboxylic acids is 1. The summed E-state index contributed by atoms with van der Waals surface area (Å²) >= 11 is 1.60. The zero-order chi connectivity index (χ0) is 17.1. The molecule has 0 aliphatic heterocycles. The summed E-state index contributed by atoms with van der Waals surface area (Å²) in [6, 6.07) is 22.0. The van der Waals surface area contributed by atoms with Gasteiger partial charge in [-0.2, -0.15) is 0 Å². The molecule has 0 unspecified atom stereocenters. The van der Waals surface area contributed by atoms with Gasteiger partial charge in [0.2, 0.25) is 5.91 Å². The maximum atomic E-state index is 12.4. The minimum Gasteiger partial charge on any atom is -0.326 e. The summed E-state index contributed by atoms with van der Waals surface area (Å²) in [6.45, 7) is 0. The highest BCUT2D eigenvalue weighted by Crippen LogP contribution is 2.24. The van der Waals surface area contributed by atoms with E-state index in [2.05, 4.69) is 28.5 Å². The number of aromatic nitrogens is 1. The lowest BCUT2D eigenvalue weighted by Gasteiger charge is -2.08. The lowest BCUT2D eigenvalue weighted by Crippen LogP contribution is -2.14. The van der Waals surface area contributed by atoms with Crippen LogP contribution in [0.4, 0.5) is 5.69 Å². The molecule has 4 heteroatoms. The zero-order valence-electron chi connectivity index (χ0n) is 13.5. The Labute approximate surface area is 150 Å². The van der Waals surface area contributed by atoms with E-state index in [4.69, 9.17) is 0 Å². The highest BCUT2D eigenvalue weighted by Gasteiger charge is 2.08. The van der Waals surface area contributed by atoms with Gasteiger partial charge in [-0.15, -0.1) is 11.3 Å². The molecule has 1 aromatic heterocycles. The maximum Gasteiger partial charge on any atom is 0.228 e. The molecule has 4 rings (SSSR count). The van der Waals surface area contributed by atoms with E-state index in [9.17, 15) is 4.79 Å². The molecule has 0 bridgehead atoms. The summed E-state index contributed by atoms with van der Waals surface area (Å²) in [5.74, 6) is -0.0154. The molecule has 3 aromatic carbocycles. The van der Waals surface area contributed by atoms with Crippen molar-refractivity contribution in [2.24, 2.45) is 0 Å². The highest BCUT2D eigenvalue weighted by molar-refractivity contribution is 7.13. The number of anilines is 1. The van der Waals surface area contributed by atoms with E-state index in [0.29, 0.717) is 6.42 Å². The van der Waals surface area contributed by atoms with Crippen molar-refractivity contribution in [1.29, 1.82) is 0 Å². The van der Waals surface area contributed by atoms with Crippen LogP contribution in [-0.4, -0.2) is 10.9 Å². The fraction of sp³-hybridized carbons (Fsp3) is 0.0476. The lowest BCUT2D eigenvalue weighted by atomic mass is 10.0. The van der Waals surface area contributed by atoms with Crippen LogP contribution in [0, 0.1) is 0 Å². The molecule has 0 spiro atoms. The lowest BCUT2D eigenvalue weighted by molar-refractivity contribution is -0.115. The number of carbonyl (C=O) groups is 1. The van der Waals surface area contributed by atoms with Crippen LogP contribution in [-0.2, 0) is 11.2 Å². The smallest absolute Gasteiger partial charge is 0.228 e. The molecule has 1 heterocycles. The Bertz CT molecular complexity index is 1000. The Morgan fingerprint density at radius 3 is 2.56 bits per heavy atom. The Kier molecular flexibility index (Phi) is 4.27. The van der Waals surface area contributed by atoms with Crippen molar-refractivity contribution in [1.82, 2.24) is 4.98 Å². The van der Waals surface area contributed by atoms with Gasteiger partial charge in [0, 0.05) is 22.8 Å². The molecule has 1 amide bonds. The number of thiazole rings is 1. The van der Waals surface area contributed by atoms with Crippen molar-refractivity contribution in [3.8, 4) is 10.6 Å². The number of nitrogens with one attached hydrogen (secondary N) is 1. The number of amides is 1. The number of hydrogen-bond donors (Lipinski definition) is 1. The van der Waals surface area contributed by atoms with Crippen LogP contribution in [0.25, 0.3) is 21.3 Å². The predicted octanol–water partition coefficient (Wildman–Crippen LogP) is 5.14. The van der Waals surface area contributed by atoms with Crippen molar-refractivity contribution in [3.05, 3.63) is 83.9 Å². The van der Waals surface area contributed by atoms with E-state index in [0.717, 1.165) is 32.6 Å². The average Bonchev–Trinajstić information content (AvgIpc) is 3.17. The van der Waals surface area contributed by atoms with Crippen LogP contribution in [0.2, 0.25) is 0 Å². The van der Waals surface area contributed by atoms with Gasteiger partial charge >= 0.3 is 0 Å². The van der Waals surface area contributed by atoms with Gasteiger partial charge in [-0.1, -0.05) is 42.5 Å². The van der Waals surface area contributed by atoms with Crippen molar-refractivity contribution in [2.45, 2.75) is 6.42 Å². The number of hydrogen-bond acceptors (Lipinski definition) is 3. The Morgan fingerprint density at radius 2 is 1.76 bits per heavy atom. The molecule has 3 nitrogen and oxygen atoms in total. The second-order valence-corrected chi connectivity index (χ2v) is 6.67. The predicted molar refractivity (Wildman–Crippen MR) is 104 cm³/mol. The van der Waals surface area contributed by atoms with Crippen molar-refractivity contribution < 1.29 is 4.79 Å². The van der Waals surface area contributed by atoms with Gasteiger partial charge in [-0.25, -0.2) is 4.98 Å². The van der Waals surface area contributed by atoms with Gasteiger partial charge in [-0.05, 0) is 40.6 Å². The van der Waals surface area contributed by atoms with E-state index in [1.54, 1.807) is 17.5 Å². The Balaban J connectivity index is 1.48. The van der Waals surface area contributed by atoms with Crippen LogP contribution in [0.5, 0.6) is 0 Å². The first-order valence-corrected chi connectivity index (χ1v) is 8.94. The molecule has 0 saturated heterocycles. The molecule has 1 N–H and O–H groups in total. The summed E-state index contributed by atoms with van der Waals surface area (Å²) in [6.07, 6.45) is 2.15. The van der Waals surface area contributed by atoms with Crippen LogP contribution >= 0.6 is 11.3 Å². The molecule has 25 heavy (non-hydrogen) atoms. The summed E-state index contributed by atoms with van der Waals surface area (Å²) in [5.41, 5.74) is 2.89. The van der Waals surface area contributed by atoms with E-state index >= 15 is 0 Å². The summed E-state index contributed by atoms with van der Waals surface area (Å²) in [4.78, 5) is 16.7. The Hall–Kier alpha value is -2.98. The standard InChI is InChI=1S/C21H16N2OS/c24-20(14-17-6-3-5-15-4-1-2-7-19(15)17)23-18-10-8-16(9-11-18)21-22-12-13-25-21/h1-13H,14H2,(H,23,24). The first-order valence-electron chi connectivity index (χ1n) is 8.06. The second kappa shape index (κ2) is 6.87. The van der Waals surface area contributed by atoms with Crippen LogP contribution in [0.1, 0.15) is 5.56 Å². The van der Waals surface area contributed by atoms with E-state index in [1.165, 1.54) is 0 Å². The first kappa shape index (κ1) is 15.5. The number of nitrogens with zero attached hydrogens (tertiary/aromatic N) is 1. The summed E-state index contributed by atoms with van der Waals surface area (Å²) < 4.78 is 0. The van der Waals surface area contributed by atoms with Gasteiger partial charge in [0.15, 0.2) is 0 Å². The second-order valence-electron chi connectivity index (χ2n) is 5.78. The topological polar surface area (TPSA) is 42.0 Å². The van der Waals surface area contributed by atoms with E-state index < -0.39 is 0 Å². The monoisotopic (exact) mass is 344 g/mol. The molecule has 0 fully saturated rings. The third-order valence-electron chi connectivity index (χ3n) is 4.08. The van der Waals surface area contributed by atoms with Gasteiger partial charge in [0.1, 0.15) is 5.01 Å².